The predicted octanol–water partition coefficient (Wildman–Crippen LogP) is 5.54. The number of alkyl halides is 2. The van der Waals surface area contributed by atoms with Crippen LogP contribution in [0.5, 0.6) is 17.2 Å². The minimum absolute atomic E-state index is 0.0494. The molecule has 1 aromatic carbocycles. The summed E-state index contributed by atoms with van der Waals surface area (Å²) in [4.78, 5) is 19.9. The van der Waals surface area contributed by atoms with Crippen LogP contribution in [-0.2, 0) is 0 Å². The molecule has 2 aliphatic rings. The first-order chi connectivity index (χ1) is 18.8. The largest absolute Gasteiger partial charge is 0.496 e. The van der Waals surface area contributed by atoms with Crippen molar-refractivity contribution >= 4 is 11.6 Å². The van der Waals surface area contributed by atoms with Crippen molar-refractivity contribution in [2.45, 2.75) is 77.1 Å². The zero-order valence-electron chi connectivity index (χ0n) is 22.7. The van der Waals surface area contributed by atoms with E-state index in [2.05, 4.69) is 29.0 Å². The lowest BCUT2D eigenvalue weighted by Crippen LogP contribution is -2.44. The number of methoxy groups -OCH3 is 1. The molecule has 3 aromatic rings. The topological polar surface area (TPSA) is 77.3 Å². The van der Waals surface area contributed by atoms with Gasteiger partial charge in [-0.15, -0.1) is 0 Å². The first-order valence-corrected chi connectivity index (χ1v) is 13.7. The van der Waals surface area contributed by atoms with Crippen molar-refractivity contribution in [3.05, 3.63) is 42.2 Å². The van der Waals surface area contributed by atoms with E-state index < -0.39 is 12.5 Å². The molecule has 10 heteroatoms. The van der Waals surface area contributed by atoms with E-state index in [1.54, 1.807) is 12.3 Å². The number of carbonyl (C=O) groups excluding carboxylic acids is 1. The number of benzene rings is 1. The average Bonchev–Trinajstić information content (AvgIpc) is 3.62. The summed E-state index contributed by atoms with van der Waals surface area (Å²) in [6.07, 6.45) is 9.94. The highest BCUT2D eigenvalue weighted by Crippen LogP contribution is 2.37. The molecule has 1 saturated carbocycles. The molecule has 0 bridgehead atoms. The summed E-state index contributed by atoms with van der Waals surface area (Å²) < 4.78 is 44.6. The summed E-state index contributed by atoms with van der Waals surface area (Å²) in [5, 5.41) is 2.81. The number of pyridine rings is 1. The van der Waals surface area contributed by atoms with Crippen LogP contribution in [0.3, 0.4) is 0 Å². The minimum Gasteiger partial charge on any atom is -0.496 e. The van der Waals surface area contributed by atoms with Gasteiger partial charge in [0.2, 0.25) is 0 Å². The van der Waals surface area contributed by atoms with Crippen LogP contribution in [0.4, 0.5) is 8.78 Å². The highest BCUT2D eigenvalue weighted by molar-refractivity contribution is 6.01. The van der Waals surface area contributed by atoms with Crippen LogP contribution in [0, 0.1) is 0 Å². The Labute approximate surface area is 227 Å². The smallest absolute Gasteiger partial charge is 0.387 e. The van der Waals surface area contributed by atoms with Crippen molar-refractivity contribution in [1.29, 1.82) is 0 Å². The van der Waals surface area contributed by atoms with Crippen molar-refractivity contribution in [2.24, 2.45) is 0 Å². The Hall–Kier alpha value is -3.40. The SMILES string of the molecule is COc1cc(-c2cnc3cc(OCCCN4C(C)CCC[C@@H]4C)ccn23)cc(OC(F)F)c1C(=O)NC1CC1. The Bertz CT molecular complexity index is 1300. The van der Waals surface area contributed by atoms with E-state index in [-0.39, 0.29) is 23.1 Å². The molecule has 2 atom stereocenters. The molecule has 2 fully saturated rings. The number of halogens is 2. The predicted molar refractivity (Wildman–Crippen MR) is 144 cm³/mol. The second-order valence-electron chi connectivity index (χ2n) is 10.5. The van der Waals surface area contributed by atoms with Crippen molar-refractivity contribution in [3.63, 3.8) is 0 Å². The molecule has 1 saturated heterocycles. The molecule has 1 amide bonds. The summed E-state index contributed by atoms with van der Waals surface area (Å²) in [5.41, 5.74) is 1.76. The summed E-state index contributed by atoms with van der Waals surface area (Å²) in [7, 11) is 1.39. The monoisotopic (exact) mass is 542 g/mol. The van der Waals surface area contributed by atoms with Crippen LogP contribution in [-0.4, -0.2) is 65.2 Å². The Balaban J connectivity index is 1.33. The quantitative estimate of drug-likeness (QED) is 0.321. The Morgan fingerprint density at radius 3 is 2.56 bits per heavy atom. The lowest BCUT2D eigenvalue weighted by atomic mass is 9.97. The third kappa shape index (κ3) is 6.27. The van der Waals surface area contributed by atoms with E-state index in [0.717, 1.165) is 25.8 Å². The fourth-order valence-corrected chi connectivity index (χ4v) is 5.41. The lowest BCUT2D eigenvalue weighted by Gasteiger charge is -2.39. The second-order valence-corrected chi connectivity index (χ2v) is 10.5. The number of rotatable bonds is 11. The van der Waals surface area contributed by atoms with Crippen LogP contribution in [0.2, 0.25) is 0 Å². The molecule has 1 aliphatic heterocycles. The van der Waals surface area contributed by atoms with E-state index in [9.17, 15) is 13.6 Å². The molecular formula is C29H36F2N4O4. The fraction of sp³-hybridized carbons (Fsp3) is 0.517. The number of amides is 1. The van der Waals surface area contributed by atoms with Crippen molar-refractivity contribution in [3.8, 4) is 28.5 Å². The number of aromatic nitrogens is 2. The highest BCUT2D eigenvalue weighted by atomic mass is 19.3. The van der Waals surface area contributed by atoms with E-state index in [4.69, 9.17) is 14.2 Å². The molecule has 1 N–H and O–H groups in total. The number of hydrogen-bond acceptors (Lipinski definition) is 6. The third-order valence-electron chi connectivity index (χ3n) is 7.63. The maximum atomic E-state index is 13.3. The molecule has 1 unspecified atom stereocenters. The Morgan fingerprint density at radius 2 is 1.87 bits per heavy atom. The van der Waals surface area contributed by atoms with Crippen LogP contribution < -0.4 is 19.5 Å². The zero-order chi connectivity index (χ0) is 27.5. The molecule has 0 radical (unpaired) electrons. The number of carbonyl (C=O) groups is 1. The molecule has 1 aliphatic carbocycles. The Morgan fingerprint density at radius 1 is 1.13 bits per heavy atom. The van der Waals surface area contributed by atoms with Gasteiger partial charge in [0.25, 0.3) is 5.91 Å². The van der Waals surface area contributed by atoms with Crippen molar-refractivity contribution in [2.75, 3.05) is 20.3 Å². The van der Waals surface area contributed by atoms with Gasteiger partial charge in [0.1, 0.15) is 28.5 Å². The van der Waals surface area contributed by atoms with Gasteiger partial charge in [-0.3, -0.25) is 14.1 Å². The molecule has 2 aromatic heterocycles. The number of piperidine rings is 1. The molecule has 3 heterocycles. The van der Waals surface area contributed by atoms with Crippen LogP contribution in [0.25, 0.3) is 16.9 Å². The van der Waals surface area contributed by atoms with Gasteiger partial charge >= 0.3 is 6.61 Å². The molecule has 39 heavy (non-hydrogen) atoms. The van der Waals surface area contributed by atoms with Gasteiger partial charge in [-0.25, -0.2) is 4.98 Å². The molecule has 210 valence electrons. The maximum absolute atomic E-state index is 13.3. The van der Waals surface area contributed by atoms with Gasteiger partial charge in [-0.05, 0) is 64.2 Å². The number of likely N-dealkylation sites (tertiary alicyclic amines) is 1. The lowest BCUT2D eigenvalue weighted by molar-refractivity contribution is -0.0502. The van der Waals surface area contributed by atoms with Crippen molar-refractivity contribution in [1.82, 2.24) is 19.6 Å². The normalized spacial score (nSPS) is 19.8. The second kappa shape index (κ2) is 11.8. The summed E-state index contributed by atoms with van der Waals surface area (Å²) >= 11 is 0. The minimum atomic E-state index is -3.10. The van der Waals surface area contributed by atoms with E-state index >= 15 is 0 Å². The Kier molecular flexibility index (Phi) is 8.20. The number of hydrogen-bond donors (Lipinski definition) is 1. The van der Waals surface area contributed by atoms with E-state index in [1.165, 1.54) is 32.4 Å². The van der Waals surface area contributed by atoms with Crippen LogP contribution in [0.15, 0.2) is 36.7 Å². The summed E-state index contributed by atoms with van der Waals surface area (Å²) in [5.74, 6) is 0.116. The van der Waals surface area contributed by atoms with Gasteiger partial charge in [0.05, 0.1) is 25.6 Å². The van der Waals surface area contributed by atoms with E-state index in [0.29, 0.717) is 41.3 Å². The number of fused-ring (bicyclic) bond motifs is 1. The average molecular weight is 543 g/mol. The standard InChI is InChI=1S/C29H36F2N4O4/c1-18-6-4-7-19(2)34(18)11-5-13-38-22-10-12-35-23(17-32-26(35)16-22)20-14-24(37-3)27(25(15-20)39-29(30)31)28(36)33-21-8-9-21/h10,12,14-19,21,29H,4-9,11,13H2,1-3H3,(H,33,36)/t18-,19?/m0/s1. The third-order valence-corrected chi connectivity index (χ3v) is 7.63. The molecule has 5 rings (SSSR count). The molecule has 0 spiro atoms. The number of imidazole rings is 1. The van der Waals surface area contributed by atoms with Crippen molar-refractivity contribution < 1.29 is 27.8 Å². The fourth-order valence-electron chi connectivity index (χ4n) is 5.41. The maximum Gasteiger partial charge on any atom is 0.387 e. The molecule has 8 nitrogen and oxygen atoms in total. The first-order valence-electron chi connectivity index (χ1n) is 13.7. The van der Waals surface area contributed by atoms with Gasteiger partial charge in [0.15, 0.2) is 0 Å². The summed E-state index contributed by atoms with van der Waals surface area (Å²) in [6.45, 7) is 3.12. The number of ether oxygens (including phenoxy) is 3. The summed E-state index contributed by atoms with van der Waals surface area (Å²) in [6, 6.07) is 8.04. The van der Waals surface area contributed by atoms with Gasteiger partial charge in [-0.2, -0.15) is 8.78 Å². The van der Waals surface area contributed by atoms with E-state index in [1.807, 2.05) is 22.7 Å². The first kappa shape index (κ1) is 27.2. The van der Waals surface area contributed by atoms with Gasteiger partial charge < -0.3 is 19.5 Å². The zero-order valence-corrected chi connectivity index (χ0v) is 22.7. The number of nitrogens with zero attached hydrogens (tertiary/aromatic N) is 3. The van der Waals surface area contributed by atoms with Gasteiger partial charge in [-0.1, -0.05) is 6.42 Å². The van der Waals surface area contributed by atoms with Crippen LogP contribution in [0.1, 0.15) is 62.7 Å². The van der Waals surface area contributed by atoms with Gasteiger partial charge in [0, 0.05) is 42.5 Å². The molecular weight excluding hydrogens is 506 g/mol. The highest BCUT2D eigenvalue weighted by Gasteiger charge is 2.29. The number of nitrogens with one attached hydrogen (secondary N) is 1. The van der Waals surface area contributed by atoms with Crippen LogP contribution >= 0.6 is 0 Å².